The lowest BCUT2D eigenvalue weighted by molar-refractivity contribution is 0.665. The third kappa shape index (κ3) is 13.2. The van der Waals surface area contributed by atoms with Gasteiger partial charge in [-0.1, -0.05) is 303 Å². The fourth-order valence-electron chi connectivity index (χ4n) is 18.3. The average molecular weight is 1670 g/mol. The Balaban J connectivity index is 0.000000108. The van der Waals surface area contributed by atoms with Gasteiger partial charge in [-0.15, -0.1) is 0 Å². The summed E-state index contributed by atoms with van der Waals surface area (Å²) in [5.41, 5.74) is 23.7. The van der Waals surface area contributed by atoms with Crippen molar-refractivity contribution in [1.82, 2.24) is 58.6 Å². The molecule has 0 saturated carbocycles. The van der Waals surface area contributed by atoms with E-state index in [1.165, 1.54) is 5.56 Å². The first kappa shape index (κ1) is 75.8. The van der Waals surface area contributed by atoms with Gasteiger partial charge < -0.3 is 13.3 Å². The van der Waals surface area contributed by atoms with E-state index < -0.39 is 0 Å². The van der Waals surface area contributed by atoms with Crippen LogP contribution in [0.15, 0.2) is 408 Å². The van der Waals surface area contributed by atoms with Crippen molar-refractivity contribution in [2.75, 3.05) is 0 Å². The maximum Gasteiger partial charge on any atom is 0.238 e. The monoisotopic (exact) mass is 1670 g/mol. The first-order valence-electron chi connectivity index (χ1n) is 43.0. The van der Waals surface area contributed by atoms with Gasteiger partial charge in [0.05, 0.1) is 44.7 Å². The van der Waals surface area contributed by atoms with Crippen molar-refractivity contribution in [3.05, 3.63) is 411 Å². The summed E-state index contributed by atoms with van der Waals surface area (Å²) >= 11 is 0. The molecule has 0 fully saturated rings. The molecule has 26 rings (SSSR count). The topological polar surface area (TPSA) is 194 Å². The zero-order valence-electron chi connectivity index (χ0n) is 70.1. The Labute approximate surface area is 742 Å². The van der Waals surface area contributed by atoms with Gasteiger partial charge in [-0.3, -0.25) is 13.7 Å². The van der Waals surface area contributed by atoms with Gasteiger partial charge in [0.25, 0.3) is 0 Å². The molecular weight excluding hydrogens is 1600 g/mol. The number of nitrogens with zero attached hydrogens (tertiary/aromatic N) is 13. The largest absolute Gasteiger partial charge is 0.456 e. The van der Waals surface area contributed by atoms with Crippen LogP contribution in [0.3, 0.4) is 0 Å². The zero-order chi connectivity index (χ0) is 86.4. The standard InChI is InChI=1S/C40H23N5O.C40H26N4O.C34H22N4O/c41-24-29-11-8-16-36-37(29)32-23-28(21-22-35(32)46-36)39-42-38(27-19-17-26(18-20-27)25-9-2-1-3-10-25)43-40(44-39)45-33-14-6-4-12-30(33)31-13-5-7-15-34(31)45;1-25-10-9-15-33-32-23-22-29(24-36(32)45-37(25)33)39-41-38(28-20-18-27(19-21-28)26-11-3-2-4-12-26)42-40(43-39)44-34-16-7-5-13-30(34)31-14-6-8-17-35(31)44;1-21-10-9-15-27-26-19-18-23(20-30(26)39-31(21)27)33-35-32(22-11-3-2-4-12-22)36-34(37-33)38-28-16-7-5-13-24(28)25-14-6-8-17-29(25)38/h1-23H;2-24H,1H3;2-20H,1H3. The van der Waals surface area contributed by atoms with Crippen molar-refractivity contribution >= 4 is 131 Å². The van der Waals surface area contributed by atoms with Crippen LogP contribution in [-0.2, 0) is 0 Å². The SMILES string of the molecule is Cc1cccc2c1oc1cc(-c3nc(-c4ccc(-c5ccccc5)cc4)nc(-n4c5ccccc5c5ccccc54)n3)ccc12.Cc1cccc2c1oc1cc(-c3nc(-c4ccccc4)nc(-n4c5ccccc5c5ccccc54)n3)ccc12.N#Cc1cccc2oc3ccc(-c4nc(-c5ccc(-c6ccccc6)cc5)nc(-n5c6ccccc6c6ccccc65)n4)cc3c12. The molecule has 9 aromatic heterocycles. The normalized spacial score (nSPS) is 11.6. The number of hydrogen-bond acceptors (Lipinski definition) is 13. The van der Waals surface area contributed by atoms with Crippen LogP contribution in [0.4, 0.5) is 0 Å². The summed E-state index contributed by atoms with van der Waals surface area (Å²) in [4.78, 5) is 45.5. The number of aromatic nitrogens is 12. The number of aryl methyl sites for hydroxylation is 2. The summed E-state index contributed by atoms with van der Waals surface area (Å²) in [6, 6.07) is 136. The molecule has 0 bridgehead atoms. The molecule has 0 aliphatic heterocycles. The molecule has 9 heterocycles. The molecule has 0 aliphatic rings. The van der Waals surface area contributed by atoms with Gasteiger partial charge >= 0.3 is 0 Å². The van der Waals surface area contributed by atoms with Crippen molar-refractivity contribution in [3.63, 3.8) is 0 Å². The van der Waals surface area contributed by atoms with E-state index in [-0.39, 0.29) is 0 Å². The van der Waals surface area contributed by atoms with E-state index in [9.17, 15) is 5.26 Å². The third-order valence-corrected chi connectivity index (χ3v) is 24.5. The summed E-state index contributed by atoms with van der Waals surface area (Å²) in [6.07, 6.45) is 0. The van der Waals surface area contributed by atoms with Crippen LogP contribution in [0.5, 0.6) is 0 Å². The molecule has 0 aliphatic carbocycles. The Bertz CT molecular complexity index is 8880. The first-order valence-corrected chi connectivity index (χ1v) is 43.0. The van der Waals surface area contributed by atoms with Crippen molar-refractivity contribution in [2.24, 2.45) is 0 Å². The smallest absolute Gasteiger partial charge is 0.238 e. The first-order chi connectivity index (χ1) is 64.2. The second-order valence-electron chi connectivity index (χ2n) is 32.3. The molecule has 0 spiro atoms. The summed E-state index contributed by atoms with van der Waals surface area (Å²) in [6.45, 7) is 4.15. The van der Waals surface area contributed by atoms with E-state index in [0.717, 1.165) is 181 Å². The van der Waals surface area contributed by atoms with Crippen LogP contribution >= 0.6 is 0 Å². The van der Waals surface area contributed by atoms with Gasteiger partial charge in [0.2, 0.25) is 17.8 Å². The summed E-state index contributed by atoms with van der Waals surface area (Å²) in [7, 11) is 0. The molecule has 0 amide bonds. The minimum Gasteiger partial charge on any atom is -0.456 e. The molecule has 610 valence electrons. The summed E-state index contributed by atoms with van der Waals surface area (Å²) in [5, 5.41) is 22.7. The number of hydrogen-bond donors (Lipinski definition) is 0. The average Bonchev–Trinajstić information content (AvgIpc) is 1.59. The zero-order valence-corrected chi connectivity index (χ0v) is 70.1. The van der Waals surface area contributed by atoms with E-state index >= 15 is 0 Å². The van der Waals surface area contributed by atoms with Crippen LogP contribution in [-0.4, -0.2) is 58.6 Å². The Morgan fingerprint density at radius 2 is 0.492 bits per heavy atom. The molecule has 0 unspecified atom stereocenters. The molecule has 0 saturated heterocycles. The van der Waals surface area contributed by atoms with Crippen LogP contribution in [0.1, 0.15) is 16.7 Å². The Morgan fingerprint density at radius 1 is 0.208 bits per heavy atom. The fourth-order valence-corrected chi connectivity index (χ4v) is 18.3. The molecule has 0 radical (unpaired) electrons. The highest BCUT2D eigenvalue weighted by Gasteiger charge is 2.25. The van der Waals surface area contributed by atoms with E-state index in [1.807, 2.05) is 115 Å². The lowest BCUT2D eigenvalue weighted by Crippen LogP contribution is -2.06. The molecule has 0 atom stereocenters. The molecule has 17 aromatic carbocycles. The predicted molar refractivity (Wildman–Crippen MR) is 522 cm³/mol. The molecule has 0 N–H and O–H groups in total. The Morgan fingerprint density at radius 3 is 0.862 bits per heavy atom. The van der Waals surface area contributed by atoms with E-state index in [0.29, 0.717) is 69.5 Å². The Kier molecular flexibility index (Phi) is 18.3. The molecule has 16 nitrogen and oxygen atoms in total. The van der Waals surface area contributed by atoms with Gasteiger partial charge in [-0.25, -0.2) is 15.0 Å². The van der Waals surface area contributed by atoms with Crippen LogP contribution in [0.2, 0.25) is 0 Å². The highest BCUT2D eigenvalue weighted by molar-refractivity contribution is 6.14. The van der Waals surface area contributed by atoms with E-state index in [2.05, 4.69) is 313 Å². The third-order valence-electron chi connectivity index (χ3n) is 24.5. The maximum atomic E-state index is 9.84. The number of benzene rings is 17. The van der Waals surface area contributed by atoms with Gasteiger partial charge in [0.1, 0.15) is 33.5 Å². The second-order valence-corrected chi connectivity index (χ2v) is 32.3. The van der Waals surface area contributed by atoms with Crippen LogP contribution in [0.25, 0.3) is 240 Å². The van der Waals surface area contributed by atoms with Crippen molar-refractivity contribution in [1.29, 1.82) is 5.26 Å². The van der Waals surface area contributed by atoms with Gasteiger partial charge in [-0.2, -0.15) is 35.2 Å². The quantitative estimate of drug-likeness (QED) is 0.119. The number of rotatable bonds is 11. The summed E-state index contributed by atoms with van der Waals surface area (Å²) < 4.78 is 25.1. The van der Waals surface area contributed by atoms with Crippen LogP contribution < -0.4 is 0 Å². The predicted octanol–water partition coefficient (Wildman–Crippen LogP) is 28.4. The molecule has 130 heavy (non-hydrogen) atoms. The van der Waals surface area contributed by atoms with Crippen LogP contribution in [0, 0.1) is 25.2 Å². The highest BCUT2D eigenvalue weighted by Crippen LogP contribution is 2.42. The lowest BCUT2D eigenvalue weighted by atomic mass is 10.0. The highest BCUT2D eigenvalue weighted by atomic mass is 16.3. The molecule has 26 aromatic rings. The number of nitriles is 1. The van der Waals surface area contributed by atoms with E-state index in [1.54, 1.807) is 0 Å². The van der Waals surface area contributed by atoms with Crippen molar-refractivity contribution in [2.45, 2.75) is 13.8 Å². The maximum absolute atomic E-state index is 9.84. The van der Waals surface area contributed by atoms with Gasteiger partial charge in [-0.05, 0) is 138 Å². The van der Waals surface area contributed by atoms with E-state index in [4.69, 9.17) is 58.1 Å². The van der Waals surface area contributed by atoms with Crippen molar-refractivity contribution < 1.29 is 13.3 Å². The number of fused-ring (bicyclic) bond motifs is 18. The Hall–Kier alpha value is -17.9. The number of furan rings is 3. The fraction of sp³-hybridized carbons (Fsp3) is 0.0175. The van der Waals surface area contributed by atoms with Gasteiger partial charge in [0.15, 0.2) is 34.9 Å². The minimum atomic E-state index is 0.527. The summed E-state index contributed by atoms with van der Waals surface area (Å²) in [5.74, 6) is 5.19. The van der Waals surface area contributed by atoms with Crippen molar-refractivity contribution in [3.8, 4) is 114 Å². The molecule has 16 heteroatoms. The second kappa shape index (κ2) is 31.4. The minimum absolute atomic E-state index is 0.527. The van der Waals surface area contributed by atoms with Gasteiger partial charge in [0, 0.05) is 98.0 Å². The number of para-hydroxylation sites is 8. The molecular formula is C114H71N13O3. The lowest BCUT2D eigenvalue weighted by Gasteiger charge is -2.11.